The van der Waals surface area contributed by atoms with E-state index in [4.69, 9.17) is 10.6 Å². The highest BCUT2D eigenvalue weighted by atomic mass is 16.5. The molecule has 0 spiro atoms. The highest BCUT2D eigenvalue weighted by molar-refractivity contribution is 5.83. The minimum Gasteiger partial charge on any atom is -0.462 e. The molecule has 37 heavy (non-hydrogen) atoms. The third-order valence-corrected chi connectivity index (χ3v) is 13.9. The van der Waals surface area contributed by atoms with Crippen molar-refractivity contribution in [3.05, 3.63) is 12.2 Å². The predicted octanol–water partition coefficient (Wildman–Crippen LogP) is 6.57. The summed E-state index contributed by atoms with van der Waals surface area (Å²) in [7, 11) is 0. The average molecular weight is 513 g/mol. The Hall–Kier alpha value is -1.36. The summed E-state index contributed by atoms with van der Waals surface area (Å²) in [4.78, 5) is 25.3. The number of hydrazine groups is 1. The molecular weight excluding hydrogens is 460 g/mol. The van der Waals surface area contributed by atoms with Crippen molar-refractivity contribution < 1.29 is 14.3 Å². The predicted molar refractivity (Wildman–Crippen MR) is 147 cm³/mol. The maximum atomic E-state index is 13.4. The van der Waals surface area contributed by atoms with Crippen molar-refractivity contribution in [1.29, 1.82) is 0 Å². The smallest absolute Gasteiger partial charge is 0.302 e. The summed E-state index contributed by atoms with van der Waals surface area (Å²) >= 11 is 0. The van der Waals surface area contributed by atoms with Gasteiger partial charge < -0.3 is 4.74 Å². The second-order valence-electron chi connectivity index (χ2n) is 15.3. The second-order valence-corrected chi connectivity index (χ2v) is 15.3. The fourth-order valence-corrected chi connectivity index (χ4v) is 12.1. The lowest BCUT2D eigenvalue weighted by atomic mass is 9.32. The molecule has 5 aliphatic carbocycles. The zero-order valence-electron chi connectivity index (χ0n) is 24.5. The van der Waals surface area contributed by atoms with Gasteiger partial charge in [0.2, 0.25) is 5.91 Å². The summed E-state index contributed by atoms with van der Waals surface area (Å²) in [5.41, 5.74) is 4.16. The summed E-state index contributed by atoms with van der Waals surface area (Å²) in [6.07, 6.45) is 11.0. The first-order valence-electron chi connectivity index (χ1n) is 15.0. The van der Waals surface area contributed by atoms with Crippen LogP contribution >= 0.6 is 0 Å². The highest BCUT2D eigenvalue weighted by Gasteiger charge is 2.72. The van der Waals surface area contributed by atoms with Gasteiger partial charge in [0.05, 0.1) is 5.41 Å². The minimum absolute atomic E-state index is 0.0132. The van der Waals surface area contributed by atoms with Crippen molar-refractivity contribution in [3.63, 3.8) is 0 Å². The number of nitrogens with one attached hydrogen (secondary N) is 1. The van der Waals surface area contributed by atoms with Crippen LogP contribution in [0.15, 0.2) is 12.2 Å². The fraction of sp³-hybridized carbons (Fsp3) is 0.875. The Kier molecular flexibility index (Phi) is 6.30. The third-order valence-electron chi connectivity index (χ3n) is 13.9. The summed E-state index contributed by atoms with van der Waals surface area (Å²) in [5.74, 6) is 8.21. The molecule has 0 bridgehead atoms. The Morgan fingerprint density at radius 1 is 0.838 bits per heavy atom. The Morgan fingerprint density at radius 2 is 1.54 bits per heavy atom. The molecule has 10 atom stereocenters. The van der Waals surface area contributed by atoms with E-state index in [1.54, 1.807) is 6.92 Å². The number of carbonyl (C=O) groups is 2. The molecule has 3 N–H and O–H groups in total. The van der Waals surface area contributed by atoms with Crippen LogP contribution in [0.5, 0.6) is 0 Å². The van der Waals surface area contributed by atoms with Gasteiger partial charge in [-0.3, -0.25) is 15.0 Å². The van der Waals surface area contributed by atoms with Gasteiger partial charge in [-0.15, -0.1) is 0 Å². The van der Waals surface area contributed by atoms with Gasteiger partial charge in [0.1, 0.15) is 6.10 Å². The molecule has 5 aliphatic rings. The van der Waals surface area contributed by atoms with E-state index in [9.17, 15) is 9.59 Å². The Bertz CT molecular complexity index is 991. The van der Waals surface area contributed by atoms with Crippen molar-refractivity contribution in [2.75, 3.05) is 0 Å². The number of hydrogen-bond acceptors (Lipinski definition) is 4. The van der Waals surface area contributed by atoms with Gasteiger partial charge in [-0.1, -0.05) is 46.8 Å². The van der Waals surface area contributed by atoms with E-state index in [0.29, 0.717) is 29.6 Å². The quantitative estimate of drug-likeness (QED) is 0.147. The molecule has 5 saturated carbocycles. The average Bonchev–Trinajstić information content (AvgIpc) is 3.22. The molecule has 0 aliphatic heterocycles. The van der Waals surface area contributed by atoms with E-state index in [1.807, 2.05) is 0 Å². The first-order valence-corrected chi connectivity index (χ1v) is 15.0. The molecule has 208 valence electrons. The van der Waals surface area contributed by atoms with Crippen LogP contribution in [0.2, 0.25) is 0 Å². The standard InChI is InChI=1S/C32H52N2O3/c1-19(2)21-11-16-32(27(36)34-33)18-17-30(7)22(26(21)32)9-10-24-29(6)14-13-25(37-20(3)35)28(4,5)23(29)12-15-31(24,30)8/h21-26H,1,9-18,33H2,2-8H3,(H,34,36). The summed E-state index contributed by atoms with van der Waals surface area (Å²) in [6, 6.07) is 0. The zero-order valence-corrected chi connectivity index (χ0v) is 24.5. The maximum Gasteiger partial charge on any atom is 0.302 e. The highest BCUT2D eigenvalue weighted by Crippen LogP contribution is 2.77. The molecule has 0 aromatic carbocycles. The van der Waals surface area contributed by atoms with E-state index in [-0.39, 0.29) is 45.1 Å². The maximum absolute atomic E-state index is 13.4. The number of amides is 1. The molecule has 0 heterocycles. The van der Waals surface area contributed by atoms with Crippen LogP contribution in [-0.2, 0) is 14.3 Å². The summed E-state index contributed by atoms with van der Waals surface area (Å²) < 4.78 is 5.90. The number of esters is 1. The number of carbonyl (C=O) groups excluding carboxylic acids is 2. The van der Waals surface area contributed by atoms with Crippen molar-refractivity contribution in [1.82, 2.24) is 5.43 Å². The first kappa shape index (κ1) is 27.2. The molecule has 10 unspecified atom stereocenters. The van der Waals surface area contributed by atoms with Crippen LogP contribution in [0.1, 0.15) is 113 Å². The number of nitrogens with two attached hydrogens (primary N) is 1. The molecule has 5 heteroatoms. The van der Waals surface area contributed by atoms with Crippen molar-refractivity contribution >= 4 is 11.9 Å². The molecule has 0 aromatic rings. The van der Waals surface area contributed by atoms with Crippen molar-refractivity contribution in [2.24, 2.45) is 62.5 Å². The lowest BCUT2D eigenvalue weighted by Gasteiger charge is -2.72. The van der Waals surface area contributed by atoms with Crippen LogP contribution in [0.4, 0.5) is 0 Å². The third kappa shape index (κ3) is 3.44. The number of hydrogen-bond donors (Lipinski definition) is 2. The molecule has 5 rings (SSSR count). The van der Waals surface area contributed by atoms with Crippen LogP contribution in [0, 0.1) is 56.7 Å². The van der Waals surface area contributed by atoms with Gasteiger partial charge in [0.15, 0.2) is 0 Å². The van der Waals surface area contributed by atoms with E-state index < -0.39 is 0 Å². The zero-order chi connectivity index (χ0) is 27.2. The van der Waals surface area contributed by atoms with Gasteiger partial charge in [-0.25, -0.2) is 5.84 Å². The van der Waals surface area contributed by atoms with Crippen LogP contribution in [0.3, 0.4) is 0 Å². The van der Waals surface area contributed by atoms with E-state index in [0.717, 1.165) is 38.5 Å². The Labute approximate surface area is 225 Å². The molecule has 5 fully saturated rings. The Balaban J connectivity index is 1.52. The van der Waals surface area contributed by atoms with E-state index >= 15 is 0 Å². The normalized spacial score (nSPS) is 50.1. The molecular formula is C32H52N2O3. The lowest BCUT2D eigenvalue weighted by Crippen LogP contribution is -2.67. The van der Waals surface area contributed by atoms with Crippen LogP contribution in [0.25, 0.3) is 0 Å². The first-order chi connectivity index (χ1) is 17.2. The minimum atomic E-state index is -0.336. The van der Waals surface area contributed by atoms with Gasteiger partial charge >= 0.3 is 5.97 Å². The van der Waals surface area contributed by atoms with E-state index in [1.165, 1.54) is 31.3 Å². The van der Waals surface area contributed by atoms with Crippen LogP contribution in [-0.4, -0.2) is 18.0 Å². The number of fused-ring (bicyclic) bond motifs is 7. The summed E-state index contributed by atoms with van der Waals surface area (Å²) in [6.45, 7) is 20.7. The summed E-state index contributed by atoms with van der Waals surface area (Å²) in [5, 5.41) is 0. The molecule has 0 saturated heterocycles. The molecule has 0 radical (unpaired) electrons. The number of ether oxygens (including phenoxy) is 1. The van der Waals surface area contributed by atoms with Gasteiger partial charge in [-0.05, 0) is 117 Å². The molecule has 0 aromatic heterocycles. The van der Waals surface area contributed by atoms with Crippen LogP contribution < -0.4 is 11.3 Å². The monoisotopic (exact) mass is 512 g/mol. The topological polar surface area (TPSA) is 81.4 Å². The van der Waals surface area contributed by atoms with Crippen molar-refractivity contribution in [3.8, 4) is 0 Å². The van der Waals surface area contributed by atoms with Gasteiger partial charge in [0, 0.05) is 12.3 Å². The SMILES string of the molecule is C=C(C)C1CCC2(C(=O)NN)CCC3(C)C(CCC4C5(C)CCC(OC(C)=O)C(C)(C)C5CCC43C)C12. The molecule has 5 nitrogen and oxygen atoms in total. The Morgan fingerprint density at radius 3 is 2.16 bits per heavy atom. The largest absolute Gasteiger partial charge is 0.462 e. The van der Waals surface area contributed by atoms with E-state index in [2.05, 4.69) is 53.5 Å². The van der Waals surface area contributed by atoms with Gasteiger partial charge in [-0.2, -0.15) is 0 Å². The lowest BCUT2D eigenvalue weighted by molar-refractivity contribution is -0.248. The van der Waals surface area contributed by atoms with Gasteiger partial charge in [0.25, 0.3) is 0 Å². The fourth-order valence-electron chi connectivity index (χ4n) is 12.1. The number of rotatable bonds is 3. The van der Waals surface area contributed by atoms with Crippen molar-refractivity contribution in [2.45, 2.75) is 119 Å². The second kappa shape index (κ2) is 8.57. The number of allylic oxidation sites excluding steroid dienone is 1. The molecule has 1 amide bonds.